The van der Waals surface area contributed by atoms with Gasteiger partial charge in [0, 0.05) is 22.3 Å². The minimum atomic E-state index is -0.281. The third kappa shape index (κ3) is 3.70. The zero-order valence-corrected chi connectivity index (χ0v) is 16.8. The lowest BCUT2D eigenvalue weighted by atomic mass is 10.1. The lowest BCUT2D eigenvalue weighted by molar-refractivity contribution is 0.0848. The van der Waals surface area contributed by atoms with Crippen molar-refractivity contribution >= 4 is 23.2 Å². The van der Waals surface area contributed by atoms with Crippen LogP contribution in [0, 0.1) is 13.8 Å². The summed E-state index contributed by atoms with van der Waals surface area (Å²) in [6.07, 6.45) is 5.74. The fraction of sp³-hybridized carbons (Fsp3) is 0.500. The molecule has 2 aromatic rings. The van der Waals surface area contributed by atoms with Crippen LogP contribution in [0.15, 0.2) is 12.1 Å². The Balaban J connectivity index is 1.66. The van der Waals surface area contributed by atoms with Gasteiger partial charge >= 0.3 is 0 Å². The van der Waals surface area contributed by atoms with Crippen LogP contribution in [0.3, 0.4) is 0 Å². The molecule has 2 amide bonds. The molecule has 0 atom stereocenters. The lowest BCUT2D eigenvalue weighted by Gasteiger charge is -2.13. The van der Waals surface area contributed by atoms with Gasteiger partial charge in [-0.15, -0.1) is 11.3 Å². The van der Waals surface area contributed by atoms with E-state index in [1.807, 2.05) is 26.0 Å². The highest BCUT2D eigenvalue weighted by Crippen LogP contribution is 2.28. The van der Waals surface area contributed by atoms with Crippen molar-refractivity contribution in [1.82, 2.24) is 15.4 Å². The summed E-state index contributed by atoms with van der Waals surface area (Å²) < 4.78 is 2.12. The average molecular weight is 374 g/mol. The maximum absolute atomic E-state index is 12.5. The summed E-state index contributed by atoms with van der Waals surface area (Å²) in [5, 5.41) is 0. The third-order valence-corrected chi connectivity index (χ3v) is 6.24. The summed E-state index contributed by atoms with van der Waals surface area (Å²) in [5.74, 6) is -0.523. The number of hydrogen-bond donors (Lipinski definition) is 2. The van der Waals surface area contributed by atoms with Gasteiger partial charge < -0.3 is 4.57 Å². The van der Waals surface area contributed by atoms with Crippen LogP contribution in [-0.4, -0.2) is 16.4 Å². The van der Waals surface area contributed by atoms with Gasteiger partial charge in [0.1, 0.15) is 0 Å². The number of carbonyl (C=O) groups excluding carboxylic acids is 2. The first-order valence-corrected chi connectivity index (χ1v) is 10.1. The number of nitrogens with one attached hydrogen (secondary N) is 2. The number of aryl methyl sites for hydroxylation is 3. The molecule has 6 heteroatoms. The molecule has 3 rings (SSSR count). The van der Waals surface area contributed by atoms with Crippen LogP contribution in [0.2, 0.25) is 0 Å². The highest BCUT2D eigenvalue weighted by atomic mass is 32.1. The smallest absolute Gasteiger partial charge is 0.279 e. The maximum Gasteiger partial charge on any atom is 0.279 e. The topological polar surface area (TPSA) is 63.1 Å². The van der Waals surface area contributed by atoms with Crippen molar-refractivity contribution in [2.75, 3.05) is 0 Å². The zero-order chi connectivity index (χ0) is 18.8. The number of hydrazine groups is 1. The van der Waals surface area contributed by atoms with Gasteiger partial charge in [-0.25, -0.2) is 0 Å². The van der Waals surface area contributed by atoms with Crippen LogP contribution >= 0.6 is 11.3 Å². The molecule has 2 heterocycles. The monoisotopic (exact) mass is 373 g/mol. The molecule has 0 aliphatic heterocycles. The Morgan fingerprint density at radius 3 is 2.42 bits per heavy atom. The van der Waals surface area contributed by atoms with E-state index in [2.05, 4.69) is 29.3 Å². The van der Waals surface area contributed by atoms with Crippen molar-refractivity contribution in [3.8, 4) is 0 Å². The number of rotatable bonds is 3. The number of amides is 2. The van der Waals surface area contributed by atoms with Crippen molar-refractivity contribution in [2.45, 2.75) is 65.8 Å². The van der Waals surface area contributed by atoms with Gasteiger partial charge in [0.2, 0.25) is 0 Å². The highest BCUT2D eigenvalue weighted by molar-refractivity contribution is 7.14. The Hall–Kier alpha value is -2.08. The van der Waals surface area contributed by atoms with Crippen LogP contribution in [-0.2, 0) is 12.8 Å². The molecular weight excluding hydrogens is 346 g/mol. The zero-order valence-electron chi connectivity index (χ0n) is 15.9. The predicted molar refractivity (Wildman–Crippen MR) is 105 cm³/mol. The van der Waals surface area contributed by atoms with Crippen molar-refractivity contribution < 1.29 is 9.59 Å². The molecule has 2 N–H and O–H groups in total. The first-order valence-electron chi connectivity index (χ1n) is 9.29. The molecule has 140 valence electrons. The summed E-state index contributed by atoms with van der Waals surface area (Å²) in [6.45, 7) is 8.09. The lowest BCUT2D eigenvalue weighted by Crippen LogP contribution is -2.41. The number of hydrogen-bond acceptors (Lipinski definition) is 3. The molecule has 2 aromatic heterocycles. The summed E-state index contributed by atoms with van der Waals surface area (Å²) in [4.78, 5) is 26.9. The third-order valence-electron chi connectivity index (χ3n) is 5.01. The van der Waals surface area contributed by atoms with Crippen LogP contribution < -0.4 is 10.9 Å². The second-order valence-electron chi connectivity index (χ2n) is 7.28. The number of nitrogens with zero attached hydrogens (tertiary/aromatic N) is 1. The molecule has 1 aliphatic carbocycles. The number of thiophene rings is 1. The van der Waals surface area contributed by atoms with E-state index in [0.29, 0.717) is 10.4 Å². The molecular formula is C20H27N3O2S. The van der Waals surface area contributed by atoms with Crippen LogP contribution in [0.5, 0.6) is 0 Å². The molecule has 0 radical (unpaired) electrons. The first-order chi connectivity index (χ1) is 12.4. The van der Waals surface area contributed by atoms with E-state index in [9.17, 15) is 9.59 Å². The molecule has 0 spiro atoms. The second-order valence-corrected chi connectivity index (χ2v) is 8.41. The van der Waals surface area contributed by atoms with Gasteiger partial charge in [-0.2, -0.15) is 0 Å². The second kappa shape index (κ2) is 7.66. The Labute approximate surface area is 158 Å². The molecule has 1 aliphatic rings. The van der Waals surface area contributed by atoms with E-state index in [1.165, 1.54) is 29.7 Å². The summed E-state index contributed by atoms with van der Waals surface area (Å²) in [6, 6.07) is 4.13. The number of fused-ring (bicyclic) bond motifs is 1. The fourth-order valence-corrected chi connectivity index (χ4v) is 4.97. The average Bonchev–Trinajstić information content (AvgIpc) is 3.05. The predicted octanol–water partition coefficient (Wildman–Crippen LogP) is 4.09. The Kier molecular flexibility index (Phi) is 5.51. The molecule has 0 saturated carbocycles. The highest BCUT2D eigenvalue weighted by Gasteiger charge is 2.19. The fourth-order valence-electron chi connectivity index (χ4n) is 3.82. The van der Waals surface area contributed by atoms with Crippen LogP contribution in [0.1, 0.15) is 81.0 Å². The molecule has 0 aromatic carbocycles. The van der Waals surface area contributed by atoms with Crippen LogP contribution in [0.4, 0.5) is 0 Å². The molecule has 0 fully saturated rings. The van der Waals surface area contributed by atoms with E-state index >= 15 is 0 Å². The van der Waals surface area contributed by atoms with E-state index in [1.54, 1.807) is 11.3 Å². The number of aromatic nitrogens is 1. The normalized spacial score (nSPS) is 14.0. The summed E-state index contributed by atoms with van der Waals surface area (Å²) in [7, 11) is 0. The maximum atomic E-state index is 12.5. The van der Waals surface area contributed by atoms with E-state index < -0.39 is 0 Å². The van der Waals surface area contributed by atoms with E-state index in [4.69, 9.17) is 0 Å². The van der Waals surface area contributed by atoms with Gasteiger partial charge in [-0.1, -0.05) is 6.42 Å². The Morgan fingerprint density at radius 1 is 1.04 bits per heavy atom. The minimum Gasteiger partial charge on any atom is -0.346 e. The molecule has 5 nitrogen and oxygen atoms in total. The number of carbonyl (C=O) groups is 2. The van der Waals surface area contributed by atoms with Crippen molar-refractivity contribution in [1.29, 1.82) is 0 Å². The van der Waals surface area contributed by atoms with Crippen LogP contribution in [0.25, 0.3) is 0 Å². The van der Waals surface area contributed by atoms with Crippen molar-refractivity contribution in [3.05, 3.63) is 44.4 Å². The summed E-state index contributed by atoms with van der Waals surface area (Å²) >= 11 is 1.55. The van der Waals surface area contributed by atoms with Crippen molar-refractivity contribution in [2.24, 2.45) is 0 Å². The minimum absolute atomic E-state index is 0.242. The summed E-state index contributed by atoms with van der Waals surface area (Å²) in [5.41, 5.74) is 8.97. The molecule has 0 unspecified atom stereocenters. The van der Waals surface area contributed by atoms with Crippen molar-refractivity contribution in [3.63, 3.8) is 0 Å². The SMILES string of the molecule is Cc1cc(C(=O)NNC(=O)c2cc3c(s2)CCCCC3)c(C)n1C(C)C. The standard InChI is InChI=1S/C20H27N3O2S/c1-12(2)23-13(3)10-16(14(23)4)19(24)21-22-20(25)18-11-15-8-6-5-7-9-17(15)26-18/h10-12H,5-9H2,1-4H3,(H,21,24)(H,22,25). The van der Waals surface area contributed by atoms with Gasteiger partial charge in [0.25, 0.3) is 11.8 Å². The van der Waals surface area contributed by atoms with Gasteiger partial charge in [0.05, 0.1) is 10.4 Å². The Bertz CT molecular complexity index is 809. The molecule has 0 saturated heterocycles. The quantitative estimate of drug-likeness (QED) is 0.629. The van der Waals surface area contributed by atoms with Gasteiger partial charge in [-0.3, -0.25) is 20.4 Å². The van der Waals surface area contributed by atoms with Gasteiger partial charge in [0.15, 0.2) is 0 Å². The van der Waals surface area contributed by atoms with E-state index in [-0.39, 0.29) is 17.9 Å². The first kappa shape index (κ1) is 18.7. The largest absolute Gasteiger partial charge is 0.346 e. The molecule has 26 heavy (non-hydrogen) atoms. The van der Waals surface area contributed by atoms with Gasteiger partial charge in [-0.05, 0) is 71.1 Å². The van der Waals surface area contributed by atoms with E-state index in [0.717, 1.165) is 24.2 Å². The molecule has 0 bridgehead atoms. The Morgan fingerprint density at radius 2 is 1.73 bits per heavy atom.